The highest BCUT2D eigenvalue weighted by atomic mass is 32.2. The Balaban J connectivity index is 1.21. The lowest BCUT2D eigenvalue weighted by Crippen LogP contribution is -2.51. The van der Waals surface area contributed by atoms with Crippen LogP contribution in [-0.4, -0.2) is 96.8 Å². The zero-order valence-electron chi connectivity index (χ0n) is 33.9. The quantitative estimate of drug-likeness (QED) is 0.184. The number of carbonyl (C=O) groups is 4. The molecule has 3 heterocycles. The van der Waals surface area contributed by atoms with Gasteiger partial charge in [0.2, 0.25) is 27.7 Å². The van der Waals surface area contributed by atoms with Gasteiger partial charge >= 0.3 is 0 Å². The van der Waals surface area contributed by atoms with E-state index in [9.17, 15) is 36.4 Å². The number of halogens is 2. The first-order chi connectivity index (χ1) is 27.8. The van der Waals surface area contributed by atoms with Crippen LogP contribution in [0.3, 0.4) is 0 Å². The maximum atomic E-state index is 14.9. The van der Waals surface area contributed by atoms with Gasteiger partial charge in [0.25, 0.3) is 5.92 Å². The number of likely N-dealkylation sites (tertiary alicyclic amines) is 2. The van der Waals surface area contributed by atoms with Gasteiger partial charge in [-0.25, -0.2) is 22.2 Å². The van der Waals surface area contributed by atoms with Gasteiger partial charge in [-0.3, -0.25) is 23.9 Å². The molecule has 2 saturated heterocycles. The van der Waals surface area contributed by atoms with E-state index in [0.717, 1.165) is 10.5 Å². The predicted molar refractivity (Wildman–Crippen MR) is 217 cm³/mol. The summed E-state index contributed by atoms with van der Waals surface area (Å²) in [5.41, 5.74) is -0.153. The molecule has 1 N–H and O–H groups in total. The number of alkyl halides is 2. The van der Waals surface area contributed by atoms with Crippen LogP contribution in [0.15, 0.2) is 67.3 Å². The van der Waals surface area contributed by atoms with E-state index in [1.165, 1.54) is 4.90 Å². The highest BCUT2D eigenvalue weighted by Crippen LogP contribution is 2.57. The van der Waals surface area contributed by atoms with Crippen LogP contribution in [0, 0.1) is 22.7 Å². The molecular formula is C44H52F2N4O8S. The van der Waals surface area contributed by atoms with Crippen molar-refractivity contribution in [2.24, 2.45) is 22.7 Å². The molecule has 59 heavy (non-hydrogen) atoms. The Bertz CT molecular complexity index is 2260. The van der Waals surface area contributed by atoms with E-state index in [1.807, 2.05) is 36.4 Å². The summed E-state index contributed by atoms with van der Waals surface area (Å²) in [6.45, 7) is 8.56. The summed E-state index contributed by atoms with van der Waals surface area (Å²) < 4.78 is 68.9. The molecule has 7 rings (SSSR count). The fourth-order valence-corrected chi connectivity index (χ4v) is 9.91. The molecule has 0 radical (unpaired) electrons. The van der Waals surface area contributed by atoms with Crippen LogP contribution < -0.4 is 14.2 Å². The number of sulfonamides is 1. The second-order valence-corrected chi connectivity index (χ2v) is 19.6. The number of aromatic nitrogens is 1. The molecule has 2 aliphatic heterocycles. The molecule has 3 amide bonds. The zero-order chi connectivity index (χ0) is 42.5. The van der Waals surface area contributed by atoms with Gasteiger partial charge in [0.05, 0.1) is 54.0 Å². The molecule has 12 nitrogen and oxygen atoms in total. The number of piperidine rings is 1. The number of nitrogens with one attached hydrogen (secondary N) is 1. The third-order valence-electron chi connectivity index (χ3n) is 12.3. The standard InChI is InChI=1S/C44H52F2N4O8S/c1-6-28-23-43(28,41(54)48-59(55,56)31-14-15-31)24-37(51)36-20-30(25-50(36)40(53)33(42(2,3)4)21-39(52)49-18-10-17-44(45,46)26-49)58-38-22-34(27-11-8-7-9-12-27)47-35-19-29(57-5)13-16-32(35)38/h6-9,11-13,16,19,22,28,30-31,33,36H,1,10,14-15,17-18,20-21,23-26H2,2-5H3,(H,48,54)/t28-,30-,33-,36+,43-/m1/s1. The Morgan fingerprint density at radius 3 is 2.44 bits per heavy atom. The number of allylic oxidation sites excluding steroid dienone is 1. The smallest absolute Gasteiger partial charge is 0.265 e. The number of methoxy groups -OCH3 is 1. The molecule has 4 aliphatic rings. The van der Waals surface area contributed by atoms with Gasteiger partial charge < -0.3 is 19.3 Å². The van der Waals surface area contributed by atoms with Crippen LogP contribution in [0.4, 0.5) is 8.78 Å². The van der Waals surface area contributed by atoms with E-state index in [4.69, 9.17) is 14.5 Å². The monoisotopic (exact) mass is 834 g/mol. The lowest BCUT2D eigenvalue weighted by Gasteiger charge is -2.37. The average molecular weight is 835 g/mol. The number of ketones is 1. The molecule has 2 aromatic carbocycles. The number of hydrogen-bond donors (Lipinski definition) is 1. The summed E-state index contributed by atoms with van der Waals surface area (Å²) in [5.74, 6) is -5.77. The number of ether oxygens (including phenoxy) is 2. The van der Waals surface area contributed by atoms with Crippen LogP contribution in [-0.2, 0) is 29.2 Å². The second-order valence-electron chi connectivity index (χ2n) is 17.7. The van der Waals surface area contributed by atoms with Gasteiger partial charge in [-0.15, -0.1) is 6.58 Å². The number of carbonyl (C=O) groups excluding carboxylic acids is 4. The van der Waals surface area contributed by atoms with E-state index in [1.54, 1.807) is 52.2 Å². The lowest BCUT2D eigenvalue weighted by atomic mass is 9.77. The molecule has 0 bridgehead atoms. The molecule has 2 aliphatic carbocycles. The van der Waals surface area contributed by atoms with Crippen LogP contribution in [0.1, 0.15) is 72.1 Å². The Kier molecular flexibility index (Phi) is 11.4. The van der Waals surface area contributed by atoms with Crippen molar-refractivity contribution in [3.05, 3.63) is 67.3 Å². The van der Waals surface area contributed by atoms with Crippen LogP contribution >= 0.6 is 0 Å². The molecule has 3 aromatic rings. The number of amides is 3. The molecule has 5 atom stereocenters. The Hall–Kier alpha value is -4.92. The van der Waals surface area contributed by atoms with Crippen molar-refractivity contribution in [1.29, 1.82) is 0 Å². The number of benzene rings is 2. The highest BCUT2D eigenvalue weighted by molar-refractivity contribution is 7.90. The first-order valence-corrected chi connectivity index (χ1v) is 21.8. The minimum Gasteiger partial charge on any atom is -0.497 e. The van der Waals surface area contributed by atoms with Crippen molar-refractivity contribution in [3.63, 3.8) is 0 Å². The fourth-order valence-electron chi connectivity index (χ4n) is 8.52. The third kappa shape index (κ3) is 9.00. The number of pyridine rings is 1. The molecule has 1 aromatic heterocycles. The number of nitrogens with zero attached hydrogens (tertiary/aromatic N) is 3. The van der Waals surface area contributed by atoms with Crippen molar-refractivity contribution in [2.75, 3.05) is 26.7 Å². The minimum absolute atomic E-state index is 0.0329. The summed E-state index contributed by atoms with van der Waals surface area (Å²) in [6, 6.07) is 15.6. The van der Waals surface area contributed by atoms with E-state index in [2.05, 4.69) is 11.3 Å². The normalized spacial score (nSPS) is 24.6. The average Bonchev–Trinajstić information content (AvgIpc) is 4.12. The molecule has 4 fully saturated rings. The van der Waals surface area contributed by atoms with Gasteiger partial charge in [-0.05, 0) is 49.1 Å². The fraction of sp³-hybridized carbons (Fsp3) is 0.523. The van der Waals surface area contributed by atoms with Gasteiger partial charge in [0, 0.05) is 55.3 Å². The molecule has 0 unspecified atom stereocenters. The number of Topliss-reactive ketones (excluding diaryl/α,β-unsaturated/α-hetero) is 1. The van der Waals surface area contributed by atoms with Gasteiger partial charge in [-0.1, -0.05) is 57.2 Å². The first-order valence-electron chi connectivity index (χ1n) is 20.2. The van der Waals surface area contributed by atoms with Crippen molar-refractivity contribution in [3.8, 4) is 22.8 Å². The zero-order valence-corrected chi connectivity index (χ0v) is 34.7. The maximum absolute atomic E-state index is 14.9. The second kappa shape index (κ2) is 15.9. The van der Waals surface area contributed by atoms with Crippen LogP contribution in [0.2, 0.25) is 0 Å². The maximum Gasteiger partial charge on any atom is 0.265 e. The van der Waals surface area contributed by atoms with Crippen molar-refractivity contribution in [1.82, 2.24) is 19.5 Å². The first kappa shape index (κ1) is 42.2. The molecule has 0 spiro atoms. The summed E-state index contributed by atoms with van der Waals surface area (Å²) in [7, 11) is -2.36. The van der Waals surface area contributed by atoms with Gasteiger partial charge in [-0.2, -0.15) is 0 Å². The van der Waals surface area contributed by atoms with E-state index < -0.39 is 86.1 Å². The summed E-state index contributed by atoms with van der Waals surface area (Å²) in [5, 5.41) is 0.0101. The molecule has 15 heteroatoms. The summed E-state index contributed by atoms with van der Waals surface area (Å²) in [4.78, 5) is 64.2. The summed E-state index contributed by atoms with van der Waals surface area (Å²) in [6.07, 6.45) is 1.07. The minimum atomic E-state index is -3.91. The number of fused-ring (bicyclic) bond motifs is 1. The van der Waals surface area contributed by atoms with E-state index in [0.29, 0.717) is 40.9 Å². The van der Waals surface area contributed by atoms with Crippen LogP contribution in [0.5, 0.6) is 11.5 Å². The summed E-state index contributed by atoms with van der Waals surface area (Å²) >= 11 is 0. The third-order valence-corrected chi connectivity index (χ3v) is 14.1. The Labute approximate surface area is 343 Å². The molecule has 2 saturated carbocycles. The van der Waals surface area contributed by atoms with E-state index in [-0.39, 0.29) is 51.6 Å². The van der Waals surface area contributed by atoms with E-state index >= 15 is 0 Å². The number of hydrogen-bond acceptors (Lipinski definition) is 9. The Morgan fingerprint density at radius 2 is 1.81 bits per heavy atom. The van der Waals surface area contributed by atoms with Gasteiger partial charge in [0.1, 0.15) is 17.6 Å². The van der Waals surface area contributed by atoms with Crippen molar-refractivity contribution < 1.29 is 45.9 Å². The predicted octanol–water partition coefficient (Wildman–Crippen LogP) is 6.33. The lowest BCUT2D eigenvalue weighted by molar-refractivity contribution is -0.151. The highest BCUT2D eigenvalue weighted by Gasteiger charge is 2.61. The van der Waals surface area contributed by atoms with Crippen molar-refractivity contribution in [2.45, 2.75) is 95.5 Å². The Morgan fingerprint density at radius 1 is 1.08 bits per heavy atom. The van der Waals surface area contributed by atoms with Gasteiger partial charge in [0.15, 0.2) is 5.78 Å². The SMILES string of the molecule is C=C[C@@H]1C[C@]1(CC(=O)[C@@H]1C[C@@H](Oc2cc(-c3ccccc3)nc3cc(OC)ccc23)CN1C(=O)[C@@H](CC(=O)N1CCCC(F)(F)C1)C(C)(C)C)C(=O)NS(=O)(=O)C1CC1. The van der Waals surface area contributed by atoms with Crippen LogP contribution in [0.25, 0.3) is 22.2 Å². The largest absolute Gasteiger partial charge is 0.497 e. The molecule has 316 valence electrons. The number of rotatable bonds is 14. The van der Waals surface area contributed by atoms with Crippen molar-refractivity contribution >= 4 is 44.4 Å². The topological polar surface area (TPSA) is 152 Å². The molecular weight excluding hydrogens is 783 g/mol.